The predicted molar refractivity (Wildman–Crippen MR) is 105 cm³/mol. The van der Waals surface area contributed by atoms with Crippen LogP contribution in [0.4, 0.5) is 5.69 Å². The summed E-state index contributed by atoms with van der Waals surface area (Å²) in [5.74, 6) is 1.48. The summed E-state index contributed by atoms with van der Waals surface area (Å²) in [5, 5.41) is 2.83. The van der Waals surface area contributed by atoms with Crippen molar-refractivity contribution in [3.63, 3.8) is 0 Å². The fourth-order valence-electron chi connectivity index (χ4n) is 3.35. The molecule has 148 valence electrons. The molecule has 3 rings (SSSR count). The average molecular weight is 384 g/mol. The third-order valence-electron chi connectivity index (χ3n) is 4.79. The molecule has 0 saturated heterocycles. The first-order chi connectivity index (χ1) is 13.5. The van der Waals surface area contributed by atoms with E-state index in [1.807, 2.05) is 12.1 Å². The Morgan fingerprint density at radius 2 is 1.79 bits per heavy atom. The summed E-state index contributed by atoms with van der Waals surface area (Å²) >= 11 is 0. The number of benzene rings is 2. The summed E-state index contributed by atoms with van der Waals surface area (Å²) < 4.78 is 16.2. The molecule has 0 atom stereocenters. The maximum atomic E-state index is 12.9. The quantitative estimate of drug-likeness (QED) is 0.829. The maximum Gasteiger partial charge on any atom is 0.253 e. The largest absolute Gasteiger partial charge is 0.493 e. The molecule has 0 saturated carbocycles. The van der Waals surface area contributed by atoms with E-state index in [0.717, 1.165) is 16.8 Å². The maximum absolute atomic E-state index is 12.9. The molecule has 2 amide bonds. The van der Waals surface area contributed by atoms with Gasteiger partial charge in [0, 0.05) is 36.8 Å². The summed E-state index contributed by atoms with van der Waals surface area (Å²) in [6.07, 6.45) is 1.07. The molecule has 1 N–H and O–H groups in total. The number of methoxy groups -OCH3 is 3. The summed E-state index contributed by atoms with van der Waals surface area (Å²) in [5.41, 5.74) is 3.14. The van der Waals surface area contributed by atoms with Crippen LogP contribution >= 0.6 is 0 Å². The molecule has 1 heterocycles. The van der Waals surface area contributed by atoms with Crippen LogP contribution in [-0.2, 0) is 17.8 Å². The van der Waals surface area contributed by atoms with Crippen molar-refractivity contribution in [3.8, 4) is 17.2 Å². The molecule has 0 radical (unpaired) electrons. The van der Waals surface area contributed by atoms with Gasteiger partial charge in [0.05, 0.1) is 21.3 Å². The zero-order valence-corrected chi connectivity index (χ0v) is 16.5. The Hall–Kier alpha value is -3.22. The fourth-order valence-corrected chi connectivity index (χ4v) is 3.35. The zero-order valence-electron chi connectivity index (χ0n) is 16.5. The minimum Gasteiger partial charge on any atom is -0.493 e. The van der Waals surface area contributed by atoms with E-state index in [4.69, 9.17) is 14.2 Å². The van der Waals surface area contributed by atoms with Gasteiger partial charge < -0.3 is 24.4 Å². The standard InChI is InChI=1S/C21H24N2O5/c1-23(12-15-6-9-17(26-2)20(28-4)19(15)27-3)21(25)14-5-8-16-13(11-14)7-10-18(24)22-16/h5-6,8-9,11H,7,10,12H2,1-4H3,(H,22,24). The van der Waals surface area contributed by atoms with Crippen molar-refractivity contribution in [2.24, 2.45) is 0 Å². The lowest BCUT2D eigenvalue weighted by Crippen LogP contribution is -2.27. The first kappa shape index (κ1) is 19.5. The van der Waals surface area contributed by atoms with E-state index in [2.05, 4.69) is 5.32 Å². The second-order valence-corrected chi connectivity index (χ2v) is 6.57. The normalized spacial score (nSPS) is 12.6. The second kappa shape index (κ2) is 8.21. The Kier molecular flexibility index (Phi) is 5.73. The minimum atomic E-state index is -0.114. The second-order valence-electron chi connectivity index (χ2n) is 6.57. The van der Waals surface area contributed by atoms with Crippen molar-refractivity contribution >= 4 is 17.5 Å². The van der Waals surface area contributed by atoms with Gasteiger partial charge in [-0.3, -0.25) is 9.59 Å². The summed E-state index contributed by atoms with van der Waals surface area (Å²) in [7, 11) is 6.40. The number of nitrogens with one attached hydrogen (secondary N) is 1. The molecule has 7 heteroatoms. The molecule has 2 aromatic rings. The van der Waals surface area contributed by atoms with Crippen molar-refractivity contribution in [2.75, 3.05) is 33.7 Å². The number of rotatable bonds is 6. The number of carbonyl (C=O) groups excluding carboxylic acids is 2. The van der Waals surface area contributed by atoms with Crippen molar-refractivity contribution in [3.05, 3.63) is 47.0 Å². The molecule has 1 aliphatic rings. The molecule has 7 nitrogen and oxygen atoms in total. The van der Waals surface area contributed by atoms with Crippen LogP contribution in [0.3, 0.4) is 0 Å². The number of fused-ring (bicyclic) bond motifs is 1. The van der Waals surface area contributed by atoms with Crippen molar-refractivity contribution in [1.29, 1.82) is 0 Å². The van der Waals surface area contributed by atoms with Crippen molar-refractivity contribution in [1.82, 2.24) is 4.90 Å². The summed E-state index contributed by atoms with van der Waals surface area (Å²) in [4.78, 5) is 26.0. The van der Waals surface area contributed by atoms with Gasteiger partial charge in [0.15, 0.2) is 11.5 Å². The van der Waals surface area contributed by atoms with Crippen LogP contribution in [0.1, 0.15) is 27.9 Å². The number of hydrogen-bond donors (Lipinski definition) is 1. The first-order valence-corrected chi connectivity index (χ1v) is 8.94. The van der Waals surface area contributed by atoms with Gasteiger partial charge in [0.1, 0.15) is 0 Å². The van der Waals surface area contributed by atoms with Gasteiger partial charge in [-0.05, 0) is 42.3 Å². The van der Waals surface area contributed by atoms with Crippen LogP contribution in [0.15, 0.2) is 30.3 Å². The van der Waals surface area contributed by atoms with E-state index in [9.17, 15) is 9.59 Å². The Labute approximate surface area is 164 Å². The smallest absolute Gasteiger partial charge is 0.253 e. The predicted octanol–water partition coefficient (Wildman–Crippen LogP) is 2.87. The Bertz CT molecular complexity index is 910. The number of aryl methyl sites for hydroxylation is 1. The third kappa shape index (κ3) is 3.74. The Morgan fingerprint density at radius 1 is 1.04 bits per heavy atom. The van der Waals surface area contributed by atoms with Crippen LogP contribution in [0, 0.1) is 0 Å². The molecule has 0 aromatic heterocycles. The summed E-state index contributed by atoms with van der Waals surface area (Å²) in [6, 6.07) is 9.00. The van der Waals surface area contributed by atoms with Crippen LogP contribution < -0.4 is 19.5 Å². The van der Waals surface area contributed by atoms with Gasteiger partial charge in [0.2, 0.25) is 11.7 Å². The van der Waals surface area contributed by atoms with Crippen LogP contribution in [-0.4, -0.2) is 45.1 Å². The fraction of sp³-hybridized carbons (Fsp3) is 0.333. The van der Waals surface area contributed by atoms with E-state index < -0.39 is 0 Å². The molecular formula is C21H24N2O5. The van der Waals surface area contributed by atoms with Crippen molar-refractivity contribution < 1.29 is 23.8 Å². The first-order valence-electron chi connectivity index (χ1n) is 8.94. The number of ether oxygens (including phenoxy) is 3. The van der Waals surface area contributed by atoms with E-state index >= 15 is 0 Å². The SMILES string of the molecule is COc1ccc(CN(C)C(=O)c2ccc3c(c2)CCC(=O)N3)c(OC)c1OC. The zero-order chi connectivity index (χ0) is 20.3. The number of amides is 2. The topological polar surface area (TPSA) is 77.1 Å². The Morgan fingerprint density at radius 3 is 2.46 bits per heavy atom. The molecule has 0 fully saturated rings. The van der Waals surface area contributed by atoms with Crippen LogP contribution in [0.25, 0.3) is 0 Å². The van der Waals surface area contributed by atoms with E-state index in [1.54, 1.807) is 51.5 Å². The summed E-state index contributed by atoms with van der Waals surface area (Å²) in [6.45, 7) is 0.343. The number of nitrogens with zero attached hydrogens (tertiary/aromatic N) is 1. The lowest BCUT2D eigenvalue weighted by atomic mass is 10.00. The monoisotopic (exact) mass is 384 g/mol. The van der Waals surface area contributed by atoms with Crippen molar-refractivity contribution in [2.45, 2.75) is 19.4 Å². The van der Waals surface area contributed by atoms with Gasteiger partial charge in [-0.1, -0.05) is 0 Å². The number of carbonyl (C=O) groups is 2. The molecule has 0 aliphatic carbocycles. The highest BCUT2D eigenvalue weighted by atomic mass is 16.5. The molecule has 0 spiro atoms. The Balaban J connectivity index is 1.82. The lowest BCUT2D eigenvalue weighted by Gasteiger charge is -2.22. The number of anilines is 1. The number of hydrogen-bond acceptors (Lipinski definition) is 5. The molecule has 0 bridgehead atoms. The lowest BCUT2D eigenvalue weighted by molar-refractivity contribution is -0.116. The van der Waals surface area contributed by atoms with Crippen LogP contribution in [0.2, 0.25) is 0 Å². The highest BCUT2D eigenvalue weighted by Gasteiger charge is 2.21. The highest BCUT2D eigenvalue weighted by molar-refractivity contribution is 5.97. The minimum absolute atomic E-state index is 0.00393. The van der Waals surface area contributed by atoms with Crippen LogP contribution in [0.5, 0.6) is 17.2 Å². The van der Waals surface area contributed by atoms with Gasteiger partial charge in [-0.2, -0.15) is 0 Å². The van der Waals surface area contributed by atoms with E-state index in [-0.39, 0.29) is 11.8 Å². The molecule has 0 unspecified atom stereocenters. The van der Waals surface area contributed by atoms with E-state index in [0.29, 0.717) is 42.2 Å². The van der Waals surface area contributed by atoms with Gasteiger partial charge >= 0.3 is 0 Å². The van der Waals surface area contributed by atoms with E-state index in [1.165, 1.54) is 0 Å². The van der Waals surface area contributed by atoms with Gasteiger partial charge in [0.25, 0.3) is 5.91 Å². The molecule has 28 heavy (non-hydrogen) atoms. The highest BCUT2D eigenvalue weighted by Crippen LogP contribution is 2.40. The van der Waals surface area contributed by atoms with Gasteiger partial charge in [-0.25, -0.2) is 0 Å². The molecule has 1 aliphatic heterocycles. The molecular weight excluding hydrogens is 360 g/mol. The third-order valence-corrected chi connectivity index (χ3v) is 4.79. The van der Waals surface area contributed by atoms with Gasteiger partial charge in [-0.15, -0.1) is 0 Å². The molecule has 2 aromatic carbocycles. The average Bonchev–Trinajstić information content (AvgIpc) is 2.72.